The standard InChI is InChI=1S/C34H31F3N8O2/c1-2-23-26(36)6-5-19-11-22(46)13-24(28(19)23)30-29(37)31-25(15-39-30)32(43-8-4-10-45-21(17-43)12-27(38)42-45)41-33(40-31)47-18-34-7-3-9-44(34)16-20(35)14-34/h1,5-6,11-13,15,20,46H,3-4,7-10,14,16-18H2,(H2,38,42)/t20-,34+/m1/s1. The minimum Gasteiger partial charge on any atom is -0.508 e. The predicted octanol–water partition coefficient (Wildman–Crippen LogP) is 4.95. The number of terminal acetylenes is 1. The fourth-order valence-electron chi connectivity index (χ4n) is 7.58. The number of benzene rings is 2. The third kappa shape index (κ3) is 4.86. The van der Waals surface area contributed by atoms with Gasteiger partial charge < -0.3 is 20.5 Å². The second-order valence-electron chi connectivity index (χ2n) is 12.6. The molecule has 3 aliphatic heterocycles. The summed E-state index contributed by atoms with van der Waals surface area (Å²) in [6, 6.07) is 7.15. The molecule has 2 aromatic carbocycles. The number of anilines is 2. The first-order valence-electron chi connectivity index (χ1n) is 15.6. The van der Waals surface area contributed by atoms with Gasteiger partial charge in [0.05, 0.1) is 28.7 Å². The van der Waals surface area contributed by atoms with E-state index in [4.69, 9.17) is 21.9 Å². The molecule has 0 aliphatic carbocycles. The van der Waals surface area contributed by atoms with E-state index >= 15 is 4.39 Å². The lowest BCUT2D eigenvalue weighted by atomic mass is 9.95. The van der Waals surface area contributed by atoms with Gasteiger partial charge in [0, 0.05) is 49.3 Å². The van der Waals surface area contributed by atoms with Crippen molar-refractivity contribution >= 4 is 33.3 Å². The van der Waals surface area contributed by atoms with Crippen LogP contribution in [0.3, 0.4) is 0 Å². The molecule has 2 saturated heterocycles. The molecule has 0 unspecified atom stereocenters. The molecule has 3 N–H and O–H groups in total. The molecule has 10 nitrogen and oxygen atoms in total. The number of phenols is 1. The number of nitrogen functional groups attached to an aromatic ring is 1. The Morgan fingerprint density at radius 3 is 2.85 bits per heavy atom. The van der Waals surface area contributed by atoms with Crippen molar-refractivity contribution in [2.24, 2.45) is 0 Å². The van der Waals surface area contributed by atoms with E-state index in [0.717, 1.165) is 31.5 Å². The number of fused-ring (bicyclic) bond motifs is 4. The third-order valence-electron chi connectivity index (χ3n) is 9.66. The van der Waals surface area contributed by atoms with E-state index in [1.165, 1.54) is 30.5 Å². The van der Waals surface area contributed by atoms with E-state index in [1.54, 1.807) is 6.07 Å². The van der Waals surface area contributed by atoms with Crippen molar-refractivity contribution in [2.75, 3.05) is 36.9 Å². The maximum atomic E-state index is 16.9. The minimum atomic E-state index is -0.942. The van der Waals surface area contributed by atoms with Gasteiger partial charge in [0.25, 0.3) is 0 Å². The number of alkyl halides is 1. The van der Waals surface area contributed by atoms with E-state index in [2.05, 4.69) is 25.9 Å². The molecule has 8 rings (SSSR count). The number of nitrogens with zero attached hydrogens (tertiary/aromatic N) is 7. The van der Waals surface area contributed by atoms with E-state index in [0.29, 0.717) is 55.0 Å². The molecule has 0 spiro atoms. The number of nitrogens with two attached hydrogens (primary N) is 1. The van der Waals surface area contributed by atoms with E-state index in [9.17, 15) is 13.9 Å². The number of hydrogen-bond donors (Lipinski definition) is 2. The van der Waals surface area contributed by atoms with Crippen LogP contribution in [0, 0.1) is 24.0 Å². The van der Waals surface area contributed by atoms with Gasteiger partial charge in [-0.2, -0.15) is 15.1 Å². The lowest BCUT2D eigenvalue weighted by Crippen LogP contribution is -2.43. The van der Waals surface area contributed by atoms with Gasteiger partial charge in [-0.3, -0.25) is 14.6 Å². The number of halogens is 3. The van der Waals surface area contributed by atoms with E-state index in [1.807, 2.05) is 9.58 Å². The van der Waals surface area contributed by atoms with Crippen molar-refractivity contribution in [1.29, 1.82) is 0 Å². The first-order chi connectivity index (χ1) is 22.7. The van der Waals surface area contributed by atoms with Crippen LogP contribution in [0.4, 0.5) is 24.8 Å². The molecule has 2 fully saturated rings. The van der Waals surface area contributed by atoms with Crippen molar-refractivity contribution in [1.82, 2.24) is 29.6 Å². The molecule has 0 bridgehead atoms. The molecule has 5 aromatic rings. The third-order valence-corrected chi connectivity index (χ3v) is 9.66. The molecule has 0 saturated carbocycles. The van der Waals surface area contributed by atoms with E-state index in [-0.39, 0.29) is 46.1 Å². The number of ether oxygens (including phenoxy) is 1. The highest BCUT2D eigenvalue weighted by Gasteiger charge is 2.49. The van der Waals surface area contributed by atoms with E-state index < -0.39 is 23.3 Å². The Labute approximate surface area is 268 Å². The zero-order valence-corrected chi connectivity index (χ0v) is 25.4. The van der Waals surface area contributed by atoms with Crippen LogP contribution >= 0.6 is 0 Å². The highest BCUT2D eigenvalue weighted by molar-refractivity contribution is 6.03. The first-order valence-corrected chi connectivity index (χ1v) is 15.6. The van der Waals surface area contributed by atoms with Crippen molar-refractivity contribution in [3.05, 3.63) is 59.4 Å². The Bertz CT molecular complexity index is 2110. The molecule has 2 atom stereocenters. The molecule has 240 valence electrons. The molecule has 0 amide bonds. The number of rotatable bonds is 5. The first kappa shape index (κ1) is 29.3. The van der Waals surface area contributed by atoms with Gasteiger partial charge in [0.1, 0.15) is 47.2 Å². The molecule has 13 heteroatoms. The van der Waals surface area contributed by atoms with Crippen molar-refractivity contribution in [3.8, 4) is 35.4 Å². The molecule has 3 aliphatic rings. The predicted molar refractivity (Wildman–Crippen MR) is 171 cm³/mol. The van der Waals surface area contributed by atoms with Gasteiger partial charge in [-0.05, 0) is 49.4 Å². The number of aryl methyl sites for hydroxylation is 1. The van der Waals surface area contributed by atoms with Gasteiger partial charge in [-0.15, -0.1) is 6.42 Å². The Morgan fingerprint density at radius 2 is 2.00 bits per heavy atom. The molecule has 47 heavy (non-hydrogen) atoms. The van der Waals surface area contributed by atoms with Crippen molar-refractivity contribution in [2.45, 2.75) is 50.5 Å². The van der Waals surface area contributed by atoms with Crippen LogP contribution in [0.2, 0.25) is 0 Å². The summed E-state index contributed by atoms with van der Waals surface area (Å²) in [6.07, 6.45) is 9.00. The topological polar surface area (TPSA) is 118 Å². The van der Waals surface area contributed by atoms with Crippen LogP contribution < -0.4 is 15.4 Å². The summed E-state index contributed by atoms with van der Waals surface area (Å²) >= 11 is 0. The zero-order chi connectivity index (χ0) is 32.4. The average Bonchev–Trinajstić information content (AvgIpc) is 3.65. The summed E-state index contributed by atoms with van der Waals surface area (Å²) in [5.74, 6) is 1.53. The zero-order valence-electron chi connectivity index (χ0n) is 25.4. The summed E-state index contributed by atoms with van der Waals surface area (Å²) < 4.78 is 54.3. The smallest absolute Gasteiger partial charge is 0.319 e. The van der Waals surface area contributed by atoms with Gasteiger partial charge in [-0.25, -0.2) is 13.2 Å². The van der Waals surface area contributed by atoms with Gasteiger partial charge in [-0.1, -0.05) is 12.0 Å². The maximum Gasteiger partial charge on any atom is 0.319 e. The number of phenolic OH excluding ortho intramolecular Hbond substituents is 1. The summed E-state index contributed by atoms with van der Waals surface area (Å²) in [5.41, 5.74) is 6.19. The van der Waals surface area contributed by atoms with Gasteiger partial charge >= 0.3 is 6.01 Å². The second kappa shape index (κ2) is 11.0. The SMILES string of the molecule is C#Cc1c(F)ccc2cc(O)cc(-c3ncc4c(N5CCCn6nc(N)cc6C5)nc(OC[C@@]56CCCN5C[C@H](F)C6)nc4c3F)c12. The normalized spacial score (nSPS) is 21.1. The van der Waals surface area contributed by atoms with Crippen molar-refractivity contribution in [3.63, 3.8) is 0 Å². The fourth-order valence-corrected chi connectivity index (χ4v) is 7.58. The summed E-state index contributed by atoms with van der Waals surface area (Å²) in [5, 5.41) is 15.9. The Hall–Kier alpha value is -5.09. The van der Waals surface area contributed by atoms with Crippen LogP contribution in [-0.2, 0) is 13.1 Å². The van der Waals surface area contributed by atoms with Crippen LogP contribution in [0.25, 0.3) is 32.9 Å². The number of hydrogen-bond acceptors (Lipinski definition) is 9. The Balaban J connectivity index is 1.29. The number of aromatic nitrogens is 5. The molecule has 6 heterocycles. The highest BCUT2D eigenvalue weighted by atomic mass is 19.1. The maximum absolute atomic E-state index is 16.9. The van der Waals surface area contributed by atoms with Crippen LogP contribution in [-0.4, -0.2) is 72.7 Å². The summed E-state index contributed by atoms with van der Waals surface area (Å²) in [7, 11) is 0. The molecular formula is C34H31F3N8O2. The monoisotopic (exact) mass is 640 g/mol. The minimum absolute atomic E-state index is 0.0551. The van der Waals surface area contributed by atoms with Crippen LogP contribution in [0.5, 0.6) is 11.8 Å². The van der Waals surface area contributed by atoms with Gasteiger partial charge in [0.15, 0.2) is 5.82 Å². The number of aromatic hydroxyl groups is 1. The Kier molecular flexibility index (Phi) is 6.87. The Morgan fingerprint density at radius 1 is 1.13 bits per heavy atom. The lowest BCUT2D eigenvalue weighted by molar-refractivity contribution is 0.107. The highest BCUT2D eigenvalue weighted by Crippen LogP contribution is 2.42. The summed E-state index contributed by atoms with van der Waals surface area (Å²) in [4.78, 5) is 17.9. The average molecular weight is 641 g/mol. The van der Waals surface area contributed by atoms with Crippen molar-refractivity contribution < 1.29 is 23.0 Å². The van der Waals surface area contributed by atoms with Crippen LogP contribution in [0.15, 0.2) is 36.5 Å². The molecular weight excluding hydrogens is 609 g/mol. The number of pyridine rings is 1. The molecule has 0 radical (unpaired) electrons. The summed E-state index contributed by atoms with van der Waals surface area (Å²) in [6.45, 7) is 2.92. The quantitative estimate of drug-likeness (QED) is 0.257. The largest absolute Gasteiger partial charge is 0.508 e. The van der Waals surface area contributed by atoms with Crippen LogP contribution in [0.1, 0.15) is 36.9 Å². The molecule has 3 aromatic heterocycles. The fraction of sp³-hybridized carbons (Fsp3) is 0.353. The van der Waals surface area contributed by atoms with Gasteiger partial charge in [0.2, 0.25) is 0 Å². The lowest BCUT2D eigenvalue weighted by Gasteiger charge is -2.31. The second-order valence-corrected chi connectivity index (χ2v) is 12.6.